The largest absolute Gasteiger partial charge is 0.345 e. The highest BCUT2D eigenvalue weighted by Crippen LogP contribution is 2.25. The van der Waals surface area contributed by atoms with E-state index in [1.165, 1.54) is 0 Å². The third kappa shape index (κ3) is 3.25. The topological polar surface area (TPSA) is 80.1 Å². The minimum Gasteiger partial charge on any atom is -0.345 e. The van der Waals surface area contributed by atoms with Gasteiger partial charge in [-0.2, -0.15) is 5.10 Å². The molecule has 2 aromatic rings. The van der Waals surface area contributed by atoms with Gasteiger partial charge in [0.1, 0.15) is 5.82 Å². The van der Waals surface area contributed by atoms with Crippen LogP contribution in [0, 0.1) is 0 Å². The number of amides is 2. The van der Waals surface area contributed by atoms with Crippen LogP contribution in [0.4, 0.5) is 0 Å². The van der Waals surface area contributed by atoms with Gasteiger partial charge in [0.25, 0.3) is 5.91 Å². The lowest BCUT2D eigenvalue weighted by atomic mass is 10.1. The Morgan fingerprint density at radius 1 is 1.38 bits per heavy atom. The fourth-order valence-corrected chi connectivity index (χ4v) is 4.59. The van der Waals surface area contributed by atoms with Crippen molar-refractivity contribution < 1.29 is 9.59 Å². The maximum atomic E-state index is 12.7. The quantitative estimate of drug-likeness (QED) is 0.888. The van der Waals surface area contributed by atoms with Gasteiger partial charge in [-0.05, 0) is 37.1 Å². The number of aromatic nitrogens is 3. The van der Waals surface area contributed by atoms with Crippen molar-refractivity contribution >= 4 is 23.2 Å². The summed E-state index contributed by atoms with van der Waals surface area (Å²) < 4.78 is 1.90. The molecule has 0 aromatic carbocycles. The van der Waals surface area contributed by atoms with Gasteiger partial charge in [0, 0.05) is 24.4 Å². The van der Waals surface area contributed by atoms with Crippen molar-refractivity contribution in [2.75, 3.05) is 13.1 Å². The highest BCUT2D eigenvalue weighted by Gasteiger charge is 2.28. The summed E-state index contributed by atoms with van der Waals surface area (Å²) >= 11 is 1.62. The van der Waals surface area contributed by atoms with Gasteiger partial charge in [-0.25, -0.2) is 9.67 Å². The first-order valence-electron chi connectivity index (χ1n) is 9.24. The number of fused-ring (bicyclic) bond motifs is 2. The summed E-state index contributed by atoms with van der Waals surface area (Å²) in [6.07, 6.45) is 4.40. The Morgan fingerprint density at radius 3 is 3.12 bits per heavy atom. The molecule has 0 unspecified atom stereocenters. The molecule has 0 aliphatic carbocycles. The smallest absolute Gasteiger partial charge is 0.255 e. The lowest BCUT2D eigenvalue weighted by Crippen LogP contribution is -2.43. The van der Waals surface area contributed by atoms with Gasteiger partial charge in [0.15, 0.2) is 5.82 Å². The van der Waals surface area contributed by atoms with Gasteiger partial charge in [0.2, 0.25) is 5.91 Å². The van der Waals surface area contributed by atoms with Gasteiger partial charge in [-0.15, -0.1) is 11.3 Å². The van der Waals surface area contributed by atoms with Gasteiger partial charge >= 0.3 is 0 Å². The molecule has 2 amide bonds. The molecule has 2 aliphatic heterocycles. The maximum Gasteiger partial charge on any atom is 0.255 e. The van der Waals surface area contributed by atoms with Crippen LogP contribution in [0.3, 0.4) is 0 Å². The first-order valence-corrected chi connectivity index (χ1v) is 10.1. The first-order chi connectivity index (χ1) is 12.7. The SMILES string of the molecule is CCc1nc2n(n1)CCC[C@H]2NC(=O)CN1CCCc2sccc2C1=O. The molecule has 0 radical (unpaired) electrons. The molecule has 138 valence electrons. The summed E-state index contributed by atoms with van der Waals surface area (Å²) in [4.78, 5) is 32.7. The average Bonchev–Trinajstić information content (AvgIpc) is 3.24. The molecule has 8 heteroatoms. The highest BCUT2D eigenvalue weighted by molar-refractivity contribution is 7.10. The van der Waals surface area contributed by atoms with E-state index in [-0.39, 0.29) is 24.4 Å². The predicted molar refractivity (Wildman–Crippen MR) is 98.1 cm³/mol. The van der Waals surface area contributed by atoms with Crippen molar-refractivity contribution in [2.45, 2.75) is 51.6 Å². The molecule has 4 rings (SSSR count). The zero-order chi connectivity index (χ0) is 18.1. The number of carbonyl (C=O) groups is 2. The number of nitrogens with one attached hydrogen (secondary N) is 1. The van der Waals surface area contributed by atoms with Crippen molar-refractivity contribution in [1.29, 1.82) is 0 Å². The molecular weight excluding hydrogens is 350 g/mol. The highest BCUT2D eigenvalue weighted by atomic mass is 32.1. The number of carbonyl (C=O) groups excluding carboxylic acids is 2. The average molecular weight is 373 g/mol. The molecule has 0 saturated heterocycles. The van der Waals surface area contributed by atoms with Crippen LogP contribution < -0.4 is 5.32 Å². The van der Waals surface area contributed by atoms with Crippen molar-refractivity contribution in [1.82, 2.24) is 25.0 Å². The summed E-state index contributed by atoms with van der Waals surface area (Å²) in [5.74, 6) is 1.49. The molecular formula is C18H23N5O2S. The van der Waals surface area contributed by atoms with Gasteiger partial charge in [0.05, 0.1) is 18.2 Å². The Bertz CT molecular complexity index is 827. The summed E-state index contributed by atoms with van der Waals surface area (Å²) in [6, 6.07) is 1.75. The number of aryl methyl sites for hydroxylation is 3. The van der Waals surface area contributed by atoms with Crippen LogP contribution in [0.25, 0.3) is 0 Å². The van der Waals surface area contributed by atoms with Gasteiger partial charge in [-0.1, -0.05) is 6.92 Å². The van der Waals surface area contributed by atoms with E-state index in [0.717, 1.165) is 60.7 Å². The van der Waals surface area contributed by atoms with Crippen molar-refractivity contribution in [3.05, 3.63) is 33.5 Å². The Morgan fingerprint density at radius 2 is 2.27 bits per heavy atom. The van der Waals surface area contributed by atoms with Crippen LogP contribution in [-0.2, 0) is 24.2 Å². The number of hydrogen-bond acceptors (Lipinski definition) is 5. The minimum atomic E-state index is -0.128. The van der Waals surface area contributed by atoms with E-state index in [2.05, 4.69) is 15.4 Å². The number of rotatable bonds is 4. The van der Waals surface area contributed by atoms with E-state index in [4.69, 9.17) is 0 Å². The second-order valence-electron chi connectivity index (χ2n) is 6.81. The third-order valence-electron chi connectivity index (χ3n) is 5.00. The summed E-state index contributed by atoms with van der Waals surface area (Å²) in [7, 11) is 0. The Kier molecular flexibility index (Phi) is 4.76. The lowest BCUT2D eigenvalue weighted by Gasteiger charge is -2.25. The van der Waals surface area contributed by atoms with Crippen molar-refractivity contribution in [2.24, 2.45) is 0 Å². The summed E-state index contributed by atoms with van der Waals surface area (Å²) in [5.41, 5.74) is 0.755. The Hall–Kier alpha value is -2.22. The normalized spacial score (nSPS) is 19.7. The van der Waals surface area contributed by atoms with E-state index in [1.807, 2.05) is 23.1 Å². The minimum absolute atomic E-state index is 0.0334. The van der Waals surface area contributed by atoms with Gasteiger partial charge < -0.3 is 10.2 Å². The van der Waals surface area contributed by atoms with Crippen LogP contribution in [-0.4, -0.2) is 44.6 Å². The molecule has 0 bridgehead atoms. The second-order valence-corrected chi connectivity index (χ2v) is 7.81. The second kappa shape index (κ2) is 7.19. The third-order valence-corrected chi connectivity index (χ3v) is 5.98. The van der Waals surface area contributed by atoms with E-state index < -0.39 is 0 Å². The van der Waals surface area contributed by atoms with Crippen molar-refractivity contribution in [3.8, 4) is 0 Å². The van der Waals surface area contributed by atoms with E-state index in [9.17, 15) is 9.59 Å². The molecule has 1 atom stereocenters. The number of thiophene rings is 1. The predicted octanol–water partition coefficient (Wildman–Crippen LogP) is 1.94. The van der Waals surface area contributed by atoms with Crippen LogP contribution in [0.15, 0.2) is 11.4 Å². The van der Waals surface area contributed by atoms with Crippen LogP contribution >= 0.6 is 11.3 Å². The monoisotopic (exact) mass is 373 g/mol. The van der Waals surface area contributed by atoms with E-state index in [1.54, 1.807) is 16.2 Å². The molecule has 7 nitrogen and oxygen atoms in total. The molecule has 0 saturated carbocycles. The Balaban J connectivity index is 1.43. The number of hydrogen-bond donors (Lipinski definition) is 1. The number of nitrogens with zero attached hydrogens (tertiary/aromatic N) is 4. The zero-order valence-corrected chi connectivity index (χ0v) is 15.7. The molecule has 4 heterocycles. The summed E-state index contributed by atoms with van der Waals surface area (Å²) in [6.45, 7) is 3.59. The molecule has 2 aromatic heterocycles. The lowest BCUT2D eigenvalue weighted by molar-refractivity contribution is -0.122. The Labute approximate surface area is 156 Å². The van der Waals surface area contributed by atoms with E-state index in [0.29, 0.717) is 6.54 Å². The van der Waals surface area contributed by atoms with Crippen LogP contribution in [0.5, 0.6) is 0 Å². The molecule has 1 N–H and O–H groups in total. The van der Waals surface area contributed by atoms with Crippen LogP contribution in [0.2, 0.25) is 0 Å². The van der Waals surface area contributed by atoms with Gasteiger partial charge in [-0.3, -0.25) is 9.59 Å². The molecule has 0 fully saturated rings. The standard InChI is InChI=1S/C18H23N5O2S/c1-2-15-20-17-13(5-3-9-23(17)21-15)19-16(24)11-22-8-4-6-14-12(18(22)25)7-10-26-14/h7,10,13H,2-6,8-9,11H2,1H3,(H,19,24)/t13-/m1/s1. The molecule has 26 heavy (non-hydrogen) atoms. The first kappa shape index (κ1) is 17.2. The fraction of sp³-hybridized carbons (Fsp3) is 0.556. The molecule has 0 spiro atoms. The van der Waals surface area contributed by atoms with Crippen LogP contribution in [0.1, 0.15) is 59.1 Å². The fourth-order valence-electron chi connectivity index (χ4n) is 3.68. The maximum absolute atomic E-state index is 12.7. The summed E-state index contributed by atoms with van der Waals surface area (Å²) in [5, 5.41) is 9.49. The molecule has 2 aliphatic rings. The van der Waals surface area contributed by atoms with E-state index >= 15 is 0 Å². The zero-order valence-electron chi connectivity index (χ0n) is 14.9. The van der Waals surface area contributed by atoms with Crippen molar-refractivity contribution in [3.63, 3.8) is 0 Å².